The molecule has 0 fully saturated rings. The van der Waals surface area contributed by atoms with Crippen molar-refractivity contribution in [3.05, 3.63) is 120 Å². The minimum atomic E-state index is -1.30. The first-order chi connectivity index (χ1) is 18.4. The molecule has 5 aromatic rings. The molecule has 0 saturated carbocycles. The van der Waals surface area contributed by atoms with E-state index in [4.69, 9.17) is 0 Å². The minimum Gasteiger partial charge on any atom is -0.324 e. The molecule has 0 aliphatic heterocycles. The van der Waals surface area contributed by atoms with Crippen molar-refractivity contribution in [2.75, 3.05) is 10.2 Å². The van der Waals surface area contributed by atoms with Crippen LogP contribution in [0.1, 0.15) is 11.6 Å². The summed E-state index contributed by atoms with van der Waals surface area (Å²) >= 11 is 0. The number of carbonyl (C=O) groups excluding carboxylic acids is 2. The second-order valence-electron chi connectivity index (χ2n) is 8.43. The lowest BCUT2D eigenvalue weighted by atomic mass is 10.0. The lowest BCUT2D eigenvalue weighted by Crippen LogP contribution is -2.43. The number of anilines is 2. The van der Waals surface area contributed by atoms with E-state index < -0.39 is 35.3 Å². The van der Waals surface area contributed by atoms with Crippen LogP contribution in [0, 0.1) is 17.5 Å². The van der Waals surface area contributed by atoms with Gasteiger partial charge in [0.1, 0.15) is 35.6 Å². The zero-order chi connectivity index (χ0) is 26.6. The fourth-order valence-electron chi connectivity index (χ4n) is 4.08. The molecule has 4 aromatic carbocycles. The summed E-state index contributed by atoms with van der Waals surface area (Å²) in [6.45, 7) is -0.292. The van der Waals surface area contributed by atoms with Gasteiger partial charge >= 0.3 is 0 Å². The SMILES string of the molecule is O=C(Nc1ccc(F)cc1)C(c1ccc(F)cc1)N(C(=O)Cn1nnc2ccccc21)c1ccc(F)cc1. The molecule has 10 heteroatoms. The molecule has 2 amide bonds. The number of para-hydroxylation sites is 1. The van der Waals surface area contributed by atoms with E-state index in [-0.39, 0.29) is 17.9 Å². The first-order valence-electron chi connectivity index (χ1n) is 11.6. The molecule has 190 valence electrons. The molecule has 0 radical (unpaired) electrons. The predicted octanol–water partition coefficient (Wildman–Crippen LogP) is 5.26. The summed E-state index contributed by atoms with van der Waals surface area (Å²) in [6.07, 6.45) is 0. The third kappa shape index (κ3) is 5.24. The highest BCUT2D eigenvalue weighted by Gasteiger charge is 2.33. The van der Waals surface area contributed by atoms with Gasteiger partial charge < -0.3 is 5.32 Å². The Kier molecular flexibility index (Phi) is 6.86. The Morgan fingerprint density at radius 2 is 1.37 bits per heavy atom. The van der Waals surface area contributed by atoms with Crippen LogP contribution in [-0.4, -0.2) is 26.8 Å². The summed E-state index contributed by atoms with van der Waals surface area (Å²) in [5.41, 5.74) is 2.00. The molecule has 1 N–H and O–H groups in total. The van der Waals surface area contributed by atoms with Crippen LogP contribution in [0.2, 0.25) is 0 Å². The number of halogens is 3. The lowest BCUT2D eigenvalue weighted by molar-refractivity contribution is -0.124. The molecule has 1 atom stereocenters. The van der Waals surface area contributed by atoms with E-state index in [0.29, 0.717) is 16.6 Å². The highest BCUT2D eigenvalue weighted by Crippen LogP contribution is 2.30. The molecule has 1 heterocycles. The van der Waals surface area contributed by atoms with Crippen LogP contribution >= 0.6 is 0 Å². The maximum absolute atomic E-state index is 13.9. The standard InChI is InChI=1S/C28H20F3N5O2/c29-19-7-5-18(6-8-19)27(28(38)32-22-13-9-20(30)10-14-22)36(23-15-11-21(31)12-16-23)26(37)17-35-25-4-2-1-3-24(25)33-34-35/h1-16,27H,17H2,(H,32,38). The molecule has 0 aliphatic carbocycles. The number of nitrogens with zero attached hydrogens (tertiary/aromatic N) is 4. The Labute approximate surface area is 215 Å². The molecule has 0 saturated heterocycles. The van der Waals surface area contributed by atoms with Gasteiger partial charge in [0.05, 0.1) is 5.52 Å². The van der Waals surface area contributed by atoms with Crippen LogP contribution in [0.5, 0.6) is 0 Å². The predicted molar refractivity (Wildman–Crippen MR) is 136 cm³/mol. The molecule has 0 aliphatic rings. The maximum atomic E-state index is 13.9. The summed E-state index contributed by atoms with van der Waals surface area (Å²) < 4.78 is 42.4. The molecule has 38 heavy (non-hydrogen) atoms. The Morgan fingerprint density at radius 3 is 2.03 bits per heavy atom. The second kappa shape index (κ2) is 10.6. The van der Waals surface area contributed by atoms with E-state index in [1.807, 2.05) is 0 Å². The van der Waals surface area contributed by atoms with Crippen molar-refractivity contribution in [2.24, 2.45) is 0 Å². The molecule has 1 aromatic heterocycles. The van der Waals surface area contributed by atoms with Gasteiger partial charge in [-0.3, -0.25) is 14.5 Å². The van der Waals surface area contributed by atoms with Gasteiger partial charge in [-0.15, -0.1) is 5.10 Å². The fraction of sp³-hybridized carbons (Fsp3) is 0.0714. The topological polar surface area (TPSA) is 80.1 Å². The van der Waals surface area contributed by atoms with E-state index in [9.17, 15) is 22.8 Å². The third-order valence-electron chi connectivity index (χ3n) is 5.88. The van der Waals surface area contributed by atoms with Crippen molar-refractivity contribution in [3.8, 4) is 0 Å². The van der Waals surface area contributed by atoms with Gasteiger partial charge in [-0.2, -0.15) is 0 Å². The lowest BCUT2D eigenvalue weighted by Gasteiger charge is -2.31. The van der Waals surface area contributed by atoms with Crippen molar-refractivity contribution in [2.45, 2.75) is 12.6 Å². The Balaban J connectivity index is 1.58. The smallest absolute Gasteiger partial charge is 0.252 e. The number of hydrogen-bond acceptors (Lipinski definition) is 4. The number of carbonyl (C=O) groups is 2. The number of fused-ring (bicyclic) bond motifs is 1. The van der Waals surface area contributed by atoms with Gasteiger partial charge in [-0.05, 0) is 78.4 Å². The van der Waals surface area contributed by atoms with E-state index in [2.05, 4.69) is 15.6 Å². The van der Waals surface area contributed by atoms with Crippen molar-refractivity contribution < 1.29 is 22.8 Å². The van der Waals surface area contributed by atoms with Crippen LogP contribution in [0.15, 0.2) is 97.1 Å². The van der Waals surface area contributed by atoms with Gasteiger partial charge in [0.15, 0.2) is 0 Å². The van der Waals surface area contributed by atoms with Gasteiger partial charge in [0, 0.05) is 11.4 Å². The Hall–Kier alpha value is -4.99. The van der Waals surface area contributed by atoms with Crippen LogP contribution < -0.4 is 10.2 Å². The summed E-state index contributed by atoms with van der Waals surface area (Å²) in [5, 5.41) is 10.8. The Morgan fingerprint density at radius 1 is 0.789 bits per heavy atom. The fourth-order valence-corrected chi connectivity index (χ4v) is 4.08. The van der Waals surface area contributed by atoms with E-state index in [1.54, 1.807) is 24.3 Å². The first-order valence-corrected chi connectivity index (χ1v) is 11.6. The molecule has 0 bridgehead atoms. The van der Waals surface area contributed by atoms with Crippen LogP contribution in [0.25, 0.3) is 11.0 Å². The van der Waals surface area contributed by atoms with E-state index in [1.165, 1.54) is 82.4 Å². The molecular formula is C28H20F3N5O2. The molecular weight excluding hydrogens is 495 g/mol. The minimum absolute atomic E-state index is 0.226. The summed E-state index contributed by atoms with van der Waals surface area (Å²) in [6, 6.07) is 21.1. The number of nitrogens with one attached hydrogen (secondary N) is 1. The highest BCUT2D eigenvalue weighted by molar-refractivity contribution is 6.05. The third-order valence-corrected chi connectivity index (χ3v) is 5.88. The zero-order valence-electron chi connectivity index (χ0n) is 19.8. The average molecular weight is 515 g/mol. The normalized spacial score (nSPS) is 11.8. The molecule has 5 rings (SSSR count). The quantitative estimate of drug-likeness (QED) is 0.321. The van der Waals surface area contributed by atoms with Crippen LogP contribution in [0.4, 0.5) is 24.5 Å². The average Bonchev–Trinajstić information content (AvgIpc) is 3.32. The number of aromatic nitrogens is 3. The maximum Gasteiger partial charge on any atom is 0.252 e. The van der Waals surface area contributed by atoms with E-state index in [0.717, 1.165) is 0 Å². The highest BCUT2D eigenvalue weighted by atomic mass is 19.1. The van der Waals surface area contributed by atoms with Crippen LogP contribution in [0.3, 0.4) is 0 Å². The van der Waals surface area contributed by atoms with E-state index >= 15 is 0 Å². The molecule has 7 nitrogen and oxygen atoms in total. The van der Waals surface area contributed by atoms with Gasteiger partial charge in [-0.1, -0.05) is 29.5 Å². The summed E-state index contributed by atoms with van der Waals surface area (Å²) in [4.78, 5) is 28.7. The number of amides is 2. The molecule has 1 unspecified atom stereocenters. The summed E-state index contributed by atoms with van der Waals surface area (Å²) in [5.74, 6) is -2.75. The largest absolute Gasteiger partial charge is 0.324 e. The van der Waals surface area contributed by atoms with Crippen LogP contribution in [-0.2, 0) is 16.1 Å². The number of benzene rings is 4. The summed E-state index contributed by atoms with van der Waals surface area (Å²) in [7, 11) is 0. The van der Waals surface area contributed by atoms with Gasteiger partial charge in [0.25, 0.3) is 5.91 Å². The molecule has 0 spiro atoms. The monoisotopic (exact) mass is 515 g/mol. The number of hydrogen-bond donors (Lipinski definition) is 1. The number of rotatable bonds is 7. The second-order valence-corrected chi connectivity index (χ2v) is 8.43. The first kappa shape index (κ1) is 24.7. The van der Waals surface area contributed by atoms with Crippen molar-refractivity contribution in [1.29, 1.82) is 0 Å². The Bertz CT molecular complexity index is 1590. The zero-order valence-corrected chi connectivity index (χ0v) is 19.8. The van der Waals surface area contributed by atoms with Crippen molar-refractivity contribution in [1.82, 2.24) is 15.0 Å². The van der Waals surface area contributed by atoms with Gasteiger partial charge in [-0.25, -0.2) is 17.9 Å². The van der Waals surface area contributed by atoms with Crippen molar-refractivity contribution in [3.63, 3.8) is 0 Å². The van der Waals surface area contributed by atoms with Crippen molar-refractivity contribution >= 4 is 34.2 Å². The van der Waals surface area contributed by atoms with Gasteiger partial charge in [0.2, 0.25) is 5.91 Å².